The van der Waals surface area contributed by atoms with Gasteiger partial charge in [0.05, 0.1) is 18.8 Å². The first-order valence-electron chi connectivity index (χ1n) is 6.19. The van der Waals surface area contributed by atoms with Crippen LogP contribution in [-0.2, 0) is 4.74 Å². The van der Waals surface area contributed by atoms with Crippen LogP contribution in [0.4, 0.5) is 0 Å². The second-order valence-electron chi connectivity index (χ2n) is 6.03. The lowest BCUT2D eigenvalue weighted by molar-refractivity contribution is -0.0393. The molecule has 0 aromatic carbocycles. The average molecular weight is 214 g/mol. The van der Waals surface area contributed by atoms with Crippen LogP contribution < -0.4 is 0 Å². The molecule has 1 fully saturated rings. The van der Waals surface area contributed by atoms with E-state index in [1.54, 1.807) is 6.92 Å². The van der Waals surface area contributed by atoms with E-state index >= 15 is 0 Å². The fourth-order valence-corrected chi connectivity index (χ4v) is 2.36. The molecular weight excluding hydrogens is 188 g/mol. The molecule has 1 aliphatic rings. The van der Waals surface area contributed by atoms with Gasteiger partial charge in [0.2, 0.25) is 0 Å². The Morgan fingerprint density at radius 3 is 2.53 bits per heavy atom. The van der Waals surface area contributed by atoms with E-state index in [9.17, 15) is 5.11 Å². The van der Waals surface area contributed by atoms with Crippen LogP contribution >= 0.6 is 0 Å². The predicted molar refractivity (Wildman–Crippen MR) is 62.8 cm³/mol. The fraction of sp³-hybridized carbons (Fsp3) is 1.00. The van der Waals surface area contributed by atoms with Crippen molar-refractivity contribution < 1.29 is 9.84 Å². The number of rotatable bonds is 3. The van der Waals surface area contributed by atoms with Crippen LogP contribution in [0.15, 0.2) is 0 Å². The second-order valence-corrected chi connectivity index (χ2v) is 6.03. The molecule has 1 unspecified atom stereocenters. The van der Waals surface area contributed by atoms with Crippen LogP contribution in [0.3, 0.4) is 0 Å². The molecule has 0 bridgehead atoms. The molecule has 2 nitrogen and oxygen atoms in total. The third-order valence-corrected chi connectivity index (χ3v) is 3.42. The average Bonchev–Trinajstić information content (AvgIpc) is 2.14. The summed E-state index contributed by atoms with van der Waals surface area (Å²) in [5.74, 6) is 0.769. The van der Waals surface area contributed by atoms with Crippen molar-refractivity contribution in [2.75, 3.05) is 6.61 Å². The smallest absolute Gasteiger partial charge is 0.0745 e. The molecular formula is C13H26O2. The maximum absolute atomic E-state index is 9.18. The lowest BCUT2D eigenvalue weighted by atomic mass is 9.71. The molecule has 0 heterocycles. The molecule has 0 radical (unpaired) electrons. The van der Waals surface area contributed by atoms with Crippen molar-refractivity contribution >= 4 is 0 Å². The van der Waals surface area contributed by atoms with Crippen LogP contribution in [0.2, 0.25) is 0 Å². The van der Waals surface area contributed by atoms with Gasteiger partial charge in [-0.1, -0.05) is 27.2 Å². The molecule has 0 aromatic rings. The van der Waals surface area contributed by atoms with E-state index in [-0.39, 0.29) is 6.10 Å². The Hall–Kier alpha value is -0.0800. The van der Waals surface area contributed by atoms with Crippen LogP contribution in [0.1, 0.15) is 53.4 Å². The minimum atomic E-state index is -0.333. The standard InChI is InChI=1S/C13H26O2/c1-10(14)9-15-12-7-5-6-11(8-12)13(2,3)4/h10-12,14H,5-9H2,1-4H3/t10?,11-,12-/m0/s1. The Balaban J connectivity index is 2.36. The van der Waals surface area contributed by atoms with Crippen LogP contribution in [0.5, 0.6) is 0 Å². The molecule has 0 amide bonds. The van der Waals surface area contributed by atoms with E-state index in [0.29, 0.717) is 18.1 Å². The maximum atomic E-state index is 9.18. The summed E-state index contributed by atoms with van der Waals surface area (Å²) in [5, 5.41) is 9.18. The van der Waals surface area contributed by atoms with Crippen LogP contribution in [0, 0.1) is 11.3 Å². The summed E-state index contributed by atoms with van der Waals surface area (Å²) in [5.41, 5.74) is 0.396. The SMILES string of the molecule is CC(O)CO[C@H]1CCC[C@H](C(C)(C)C)C1. The summed E-state index contributed by atoms with van der Waals surface area (Å²) in [7, 11) is 0. The van der Waals surface area contributed by atoms with Crippen molar-refractivity contribution in [1.29, 1.82) is 0 Å². The van der Waals surface area contributed by atoms with Gasteiger partial charge in [-0.3, -0.25) is 0 Å². The summed E-state index contributed by atoms with van der Waals surface area (Å²) in [6.07, 6.45) is 4.97. The number of hydrogen-bond donors (Lipinski definition) is 1. The fourth-order valence-electron chi connectivity index (χ4n) is 2.36. The lowest BCUT2D eigenvalue weighted by Gasteiger charge is -2.37. The molecule has 2 heteroatoms. The first kappa shape index (κ1) is 13.0. The quantitative estimate of drug-likeness (QED) is 0.782. The van der Waals surface area contributed by atoms with Crippen molar-refractivity contribution in [2.45, 2.75) is 65.6 Å². The number of aliphatic hydroxyl groups excluding tert-OH is 1. The molecule has 1 rings (SSSR count). The van der Waals surface area contributed by atoms with E-state index in [2.05, 4.69) is 20.8 Å². The van der Waals surface area contributed by atoms with E-state index in [4.69, 9.17) is 4.74 Å². The zero-order valence-corrected chi connectivity index (χ0v) is 10.6. The highest BCUT2D eigenvalue weighted by atomic mass is 16.5. The van der Waals surface area contributed by atoms with Gasteiger partial charge in [-0.05, 0) is 37.5 Å². The monoisotopic (exact) mass is 214 g/mol. The van der Waals surface area contributed by atoms with Crippen LogP contribution in [-0.4, -0.2) is 23.9 Å². The van der Waals surface area contributed by atoms with E-state index in [1.807, 2.05) is 0 Å². The molecule has 0 aromatic heterocycles. The van der Waals surface area contributed by atoms with Gasteiger partial charge in [0, 0.05) is 0 Å². The van der Waals surface area contributed by atoms with Crippen molar-refractivity contribution in [3.63, 3.8) is 0 Å². The summed E-state index contributed by atoms with van der Waals surface area (Å²) in [6, 6.07) is 0. The van der Waals surface area contributed by atoms with Crippen molar-refractivity contribution in [1.82, 2.24) is 0 Å². The minimum absolute atomic E-state index is 0.333. The highest BCUT2D eigenvalue weighted by molar-refractivity contribution is 4.81. The zero-order chi connectivity index (χ0) is 11.5. The first-order valence-corrected chi connectivity index (χ1v) is 6.19. The van der Waals surface area contributed by atoms with E-state index in [0.717, 1.165) is 12.3 Å². The lowest BCUT2D eigenvalue weighted by Crippen LogP contribution is -2.32. The van der Waals surface area contributed by atoms with Gasteiger partial charge in [-0.25, -0.2) is 0 Å². The third-order valence-electron chi connectivity index (χ3n) is 3.42. The highest BCUT2D eigenvalue weighted by Gasteiger charge is 2.30. The van der Waals surface area contributed by atoms with Crippen molar-refractivity contribution in [2.24, 2.45) is 11.3 Å². The molecule has 90 valence electrons. The maximum Gasteiger partial charge on any atom is 0.0745 e. The molecule has 0 spiro atoms. The zero-order valence-electron chi connectivity index (χ0n) is 10.6. The Morgan fingerprint density at radius 2 is 2.00 bits per heavy atom. The molecule has 1 aliphatic carbocycles. The van der Waals surface area contributed by atoms with Gasteiger partial charge in [0.25, 0.3) is 0 Å². The molecule has 0 saturated heterocycles. The molecule has 0 aliphatic heterocycles. The van der Waals surface area contributed by atoms with Gasteiger partial charge in [0.15, 0.2) is 0 Å². The first-order chi connectivity index (χ1) is 6.89. The van der Waals surface area contributed by atoms with Crippen molar-refractivity contribution in [3.05, 3.63) is 0 Å². The van der Waals surface area contributed by atoms with Gasteiger partial charge in [0.1, 0.15) is 0 Å². The summed E-state index contributed by atoms with van der Waals surface area (Å²) in [6.45, 7) is 9.21. The summed E-state index contributed by atoms with van der Waals surface area (Å²) < 4.78 is 5.72. The number of ether oxygens (including phenoxy) is 1. The van der Waals surface area contributed by atoms with Crippen LogP contribution in [0.25, 0.3) is 0 Å². The summed E-state index contributed by atoms with van der Waals surface area (Å²) >= 11 is 0. The Labute approximate surface area is 94.0 Å². The molecule has 1 saturated carbocycles. The normalized spacial score (nSPS) is 30.2. The molecule has 15 heavy (non-hydrogen) atoms. The Bertz CT molecular complexity index is 181. The van der Waals surface area contributed by atoms with E-state index < -0.39 is 0 Å². The summed E-state index contributed by atoms with van der Waals surface area (Å²) in [4.78, 5) is 0. The predicted octanol–water partition coefficient (Wildman–Crippen LogP) is 2.99. The van der Waals surface area contributed by atoms with Gasteiger partial charge < -0.3 is 9.84 Å². The van der Waals surface area contributed by atoms with Crippen molar-refractivity contribution in [3.8, 4) is 0 Å². The van der Waals surface area contributed by atoms with Gasteiger partial charge in [-0.2, -0.15) is 0 Å². The number of hydrogen-bond acceptors (Lipinski definition) is 2. The van der Waals surface area contributed by atoms with Gasteiger partial charge in [-0.15, -0.1) is 0 Å². The Kier molecular flexibility index (Phi) is 4.60. The Morgan fingerprint density at radius 1 is 1.33 bits per heavy atom. The van der Waals surface area contributed by atoms with Gasteiger partial charge >= 0.3 is 0 Å². The highest BCUT2D eigenvalue weighted by Crippen LogP contribution is 2.38. The third kappa shape index (κ3) is 4.52. The minimum Gasteiger partial charge on any atom is -0.391 e. The second kappa shape index (κ2) is 5.31. The topological polar surface area (TPSA) is 29.5 Å². The molecule has 1 N–H and O–H groups in total. The number of aliphatic hydroxyl groups is 1. The van der Waals surface area contributed by atoms with E-state index in [1.165, 1.54) is 19.3 Å². The molecule has 3 atom stereocenters. The largest absolute Gasteiger partial charge is 0.391 e.